The van der Waals surface area contributed by atoms with Gasteiger partial charge in [0.15, 0.2) is 11.6 Å². The van der Waals surface area contributed by atoms with E-state index < -0.39 is 29.1 Å². The number of nitrogens with one attached hydrogen (secondary N) is 1. The Morgan fingerprint density at radius 2 is 1.88 bits per heavy atom. The fourth-order valence-corrected chi connectivity index (χ4v) is 3.74. The Kier molecular flexibility index (Phi) is 7.08. The van der Waals surface area contributed by atoms with E-state index in [2.05, 4.69) is 5.32 Å². The lowest BCUT2D eigenvalue weighted by atomic mass is 9.69. The van der Waals surface area contributed by atoms with Gasteiger partial charge in [0.2, 0.25) is 5.91 Å². The van der Waals surface area contributed by atoms with Crippen molar-refractivity contribution in [1.82, 2.24) is 5.32 Å². The van der Waals surface area contributed by atoms with Crippen LogP contribution in [0.4, 0.5) is 8.78 Å². The number of carbonyl (C=O) groups excluding carboxylic acids is 1. The van der Waals surface area contributed by atoms with Crippen molar-refractivity contribution < 1.29 is 28.2 Å². The largest absolute Gasteiger partial charge is 0.481 e. The maximum atomic E-state index is 13.5. The van der Waals surface area contributed by atoms with E-state index in [0.29, 0.717) is 18.4 Å². The zero-order valence-electron chi connectivity index (χ0n) is 14.9. The molecule has 1 aliphatic rings. The fraction of sp³-hybridized carbons (Fsp3) is 0.579. The van der Waals surface area contributed by atoms with Crippen molar-refractivity contribution in [2.75, 3.05) is 13.7 Å². The summed E-state index contributed by atoms with van der Waals surface area (Å²) in [6.45, 7) is 0.0999. The number of rotatable bonds is 8. The van der Waals surface area contributed by atoms with Gasteiger partial charge in [0.25, 0.3) is 0 Å². The Labute approximate surface area is 151 Å². The normalized spacial score (nSPS) is 17.5. The fourth-order valence-electron chi connectivity index (χ4n) is 3.74. The molecule has 144 valence electrons. The van der Waals surface area contributed by atoms with Crippen LogP contribution in [0.25, 0.3) is 0 Å². The lowest BCUT2D eigenvalue weighted by Gasteiger charge is -2.36. The van der Waals surface area contributed by atoms with Crippen LogP contribution in [0.5, 0.6) is 0 Å². The summed E-state index contributed by atoms with van der Waals surface area (Å²) >= 11 is 0. The van der Waals surface area contributed by atoms with Crippen molar-refractivity contribution in [3.63, 3.8) is 0 Å². The van der Waals surface area contributed by atoms with Gasteiger partial charge in [0, 0.05) is 13.5 Å². The second-order valence-electron chi connectivity index (χ2n) is 7.06. The summed E-state index contributed by atoms with van der Waals surface area (Å²) in [5.41, 5.74) is -0.144. The molecule has 1 aliphatic carbocycles. The summed E-state index contributed by atoms with van der Waals surface area (Å²) < 4.78 is 31.7. The van der Waals surface area contributed by atoms with Gasteiger partial charge in [0.05, 0.1) is 19.1 Å². The topological polar surface area (TPSA) is 75.6 Å². The number of benzene rings is 1. The third-order valence-electron chi connectivity index (χ3n) is 4.99. The number of hydrogen-bond donors (Lipinski definition) is 2. The molecular formula is C19H25F2NO4. The molecule has 1 fully saturated rings. The van der Waals surface area contributed by atoms with Gasteiger partial charge < -0.3 is 15.2 Å². The molecule has 5 nitrogen and oxygen atoms in total. The minimum Gasteiger partial charge on any atom is -0.481 e. The second-order valence-corrected chi connectivity index (χ2v) is 7.06. The van der Waals surface area contributed by atoms with E-state index in [-0.39, 0.29) is 25.4 Å². The SMILES string of the molecule is COCC(NC(=O)CC1(CC(=O)O)CCCCC1)c1ccc(F)c(F)c1. The number of halogens is 2. The molecule has 1 unspecified atom stereocenters. The summed E-state index contributed by atoms with van der Waals surface area (Å²) in [5, 5.41) is 12.0. The number of carbonyl (C=O) groups is 2. The standard InChI is InChI=1S/C19H25F2NO4/c1-26-12-16(13-5-6-14(20)15(21)9-13)22-17(23)10-19(11-18(24)25)7-3-2-4-8-19/h5-6,9,16H,2-4,7-8,10-12H2,1H3,(H,22,23)(H,24,25). The van der Waals surface area contributed by atoms with Gasteiger partial charge in [0.1, 0.15) is 0 Å². The monoisotopic (exact) mass is 369 g/mol. The predicted octanol–water partition coefficient (Wildman–Crippen LogP) is 3.58. The molecule has 0 saturated heterocycles. The molecule has 1 atom stereocenters. The molecule has 0 aromatic heterocycles. The predicted molar refractivity (Wildman–Crippen MR) is 91.5 cm³/mol. The van der Waals surface area contributed by atoms with Crippen LogP contribution in [-0.2, 0) is 14.3 Å². The third kappa shape index (κ3) is 5.49. The molecule has 26 heavy (non-hydrogen) atoms. The zero-order valence-corrected chi connectivity index (χ0v) is 14.9. The summed E-state index contributed by atoms with van der Waals surface area (Å²) in [5.74, 6) is -3.17. The highest BCUT2D eigenvalue weighted by atomic mass is 19.2. The average Bonchev–Trinajstić information content (AvgIpc) is 2.57. The van der Waals surface area contributed by atoms with Crippen molar-refractivity contribution in [2.24, 2.45) is 5.41 Å². The molecule has 0 aliphatic heterocycles. The molecule has 0 radical (unpaired) electrons. The maximum absolute atomic E-state index is 13.5. The number of carboxylic acid groups (broad SMARTS) is 1. The van der Waals surface area contributed by atoms with Crippen LogP contribution in [0.2, 0.25) is 0 Å². The average molecular weight is 369 g/mol. The first-order valence-electron chi connectivity index (χ1n) is 8.80. The Hall–Kier alpha value is -2.02. The van der Waals surface area contributed by atoms with Crippen molar-refractivity contribution in [2.45, 2.75) is 51.0 Å². The number of methoxy groups -OCH3 is 1. The molecule has 0 bridgehead atoms. The molecule has 1 amide bonds. The molecule has 0 heterocycles. The zero-order chi connectivity index (χ0) is 19.2. The van der Waals surface area contributed by atoms with Crippen molar-refractivity contribution >= 4 is 11.9 Å². The van der Waals surface area contributed by atoms with Gasteiger partial charge in [-0.05, 0) is 36.0 Å². The van der Waals surface area contributed by atoms with Gasteiger partial charge in [-0.25, -0.2) is 8.78 Å². The van der Waals surface area contributed by atoms with Crippen LogP contribution in [0.1, 0.15) is 56.6 Å². The minimum atomic E-state index is -0.993. The first kappa shape index (κ1) is 20.3. The van der Waals surface area contributed by atoms with Crippen LogP contribution in [-0.4, -0.2) is 30.7 Å². The van der Waals surface area contributed by atoms with E-state index in [1.165, 1.54) is 13.2 Å². The number of aliphatic carboxylic acids is 1. The van der Waals surface area contributed by atoms with Crippen molar-refractivity contribution in [3.05, 3.63) is 35.4 Å². The number of ether oxygens (including phenoxy) is 1. The first-order valence-corrected chi connectivity index (χ1v) is 8.80. The quantitative estimate of drug-likeness (QED) is 0.734. The minimum absolute atomic E-state index is 0.0411. The Morgan fingerprint density at radius 1 is 1.19 bits per heavy atom. The van der Waals surface area contributed by atoms with Crippen LogP contribution in [0, 0.1) is 17.0 Å². The lowest BCUT2D eigenvalue weighted by Crippen LogP contribution is -2.38. The number of carboxylic acids is 1. The lowest BCUT2D eigenvalue weighted by molar-refractivity contribution is -0.141. The molecule has 1 aromatic rings. The molecule has 0 spiro atoms. The number of amides is 1. The van der Waals surface area contributed by atoms with E-state index in [9.17, 15) is 23.5 Å². The smallest absolute Gasteiger partial charge is 0.303 e. The Balaban J connectivity index is 2.10. The van der Waals surface area contributed by atoms with Gasteiger partial charge in [-0.2, -0.15) is 0 Å². The maximum Gasteiger partial charge on any atom is 0.303 e. The second kappa shape index (κ2) is 9.07. The van der Waals surface area contributed by atoms with Gasteiger partial charge in [-0.1, -0.05) is 25.3 Å². The van der Waals surface area contributed by atoms with Crippen LogP contribution in [0.3, 0.4) is 0 Å². The van der Waals surface area contributed by atoms with Gasteiger partial charge in [-0.3, -0.25) is 9.59 Å². The first-order chi connectivity index (χ1) is 12.3. The van der Waals surface area contributed by atoms with E-state index in [1.807, 2.05) is 0 Å². The van der Waals surface area contributed by atoms with E-state index >= 15 is 0 Å². The highest BCUT2D eigenvalue weighted by molar-refractivity contribution is 5.78. The summed E-state index contributed by atoms with van der Waals surface area (Å²) in [6, 6.07) is 2.81. The Bertz CT molecular complexity index is 644. The highest BCUT2D eigenvalue weighted by Crippen LogP contribution is 2.42. The van der Waals surface area contributed by atoms with Gasteiger partial charge >= 0.3 is 5.97 Å². The molecule has 7 heteroatoms. The van der Waals surface area contributed by atoms with E-state index in [0.717, 1.165) is 31.4 Å². The summed E-state index contributed by atoms with van der Waals surface area (Å²) in [6.07, 6.45) is 4.32. The van der Waals surface area contributed by atoms with Gasteiger partial charge in [-0.15, -0.1) is 0 Å². The van der Waals surface area contributed by atoms with Crippen molar-refractivity contribution in [1.29, 1.82) is 0 Å². The van der Waals surface area contributed by atoms with E-state index in [4.69, 9.17) is 4.74 Å². The molecule has 1 aromatic carbocycles. The summed E-state index contributed by atoms with van der Waals surface area (Å²) in [4.78, 5) is 23.8. The molecule has 2 rings (SSSR count). The van der Waals surface area contributed by atoms with Crippen LogP contribution in [0.15, 0.2) is 18.2 Å². The van der Waals surface area contributed by atoms with Crippen LogP contribution >= 0.6 is 0 Å². The molecule has 1 saturated carbocycles. The molecular weight excluding hydrogens is 344 g/mol. The third-order valence-corrected chi connectivity index (χ3v) is 4.99. The number of hydrogen-bond acceptors (Lipinski definition) is 3. The van der Waals surface area contributed by atoms with Crippen LogP contribution < -0.4 is 5.32 Å². The van der Waals surface area contributed by atoms with E-state index in [1.54, 1.807) is 0 Å². The highest BCUT2D eigenvalue weighted by Gasteiger charge is 2.36. The Morgan fingerprint density at radius 3 is 2.46 bits per heavy atom. The summed E-state index contributed by atoms with van der Waals surface area (Å²) in [7, 11) is 1.45. The van der Waals surface area contributed by atoms with Crippen molar-refractivity contribution in [3.8, 4) is 0 Å². The molecule has 2 N–H and O–H groups in total.